The molecule has 1 aromatic rings. The largest absolute Gasteiger partial charge is 0.480 e. The quantitative estimate of drug-likeness (QED) is 0.750. The van der Waals surface area contributed by atoms with Crippen LogP contribution in [-0.2, 0) is 11.3 Å². The van der Waals surface area contributed by atoms with Gasteiger partial charge < -0.3 is 9.84 Å². The lowest BCUT2D eigenvalue weighted by atomic mass is 10.2. The number of carbonyl (C=O) groups is 1. The van der Waals surface area contributed by atoms with Crippen LogP contribution in [0.5, 0.6) is 5.75 Å². The number of halogens is 3. The van der Waals surface area contributed by atoms with Crippen molar-refractivity contribution >= 4 is 17.6 Å². The van der Waals surface area contributed by atoms with Gasteiger partial charge in [0.2, 0.25) is 0 Å². The highest BCUT2D eigenvalue weighted by Gasteiger charge is 2.15. The van der Waals surface area contributed by atoms with E-state index in [9.17, 15) is 13.6 Å². The van der Waals surface area contributed by atoms with Gasteiger partial charge in [0, 0.05) is 23.7 Å². The van der Waals surface area contributed by atoms with Crippen LogP contribution < -0.4 is 4.74 Å². The Morgan fingerprint density at radius 3 is 2.80 bits per heavy atom. The first-order valence-corrected chi connectivity index (χ1v) is 6.08. The maximum Gasteiger partial charge on any atom is 0.387 e. The zero-order valence-corrected chi connectivity index (χ0v) is 11.3. The number of carboxylic acid groups (broad SMARTS) is 1. The Bertz CT molecular complexity index is 483. The Morgan fingerprint density at radius 1 is 1.55 bits per heavy atom. The zero-order chi connectivity index (χ0) is 15.1. The molecule has 0 bridgehead atoms. The Hall–Kier alpha value is -1.66. The van der Waals surface area contributed by atoms with Crippen molar-refractivity contribution in [3.8, 4) is 5.75 Å². The molecule has 0 aliphatic rings. The van der Waals surface area contributed by atoms with Gasteiger partial charge in [-0.2, -0.15) is 8.78 Å². The summed E-state index contributed by atoms with van der Waals surface area (Å²) in [5.41, 5.74) is 0.390. The third kappa shape index (κ3) is 5.54. The molecule has 0 aliphatic heterocycles. The van der Waals surface area contributed by atoms with Crippen LogP contribution in [0.25, 0.3) is 0 Å². The zero-order valence-electron chi connectivity index (χ0n) is 10.6. The molecule has 0 spiro atoms. The highest BCUT2D eigenvalue weighted by molar-refractivity contribution is 6.30. The average molecular weight is 306 g/mol. The lowest BCUT2D eigenvalue weighted by Gasteiger charge is -2.20. The molecule has 4 nitrogen and oxygen atoms in total. The molecular formula is C13H14ClF2NO3. The van der Waals surface area contributed by atoms with Crippen molar-refractivity contribution in [3.63, 3.8) is 0 Å². The van der Waals surface area contributed by atoms with Gasteiger partial charge in [-0.1, -0.05) is 17.7 Å². The lowest BCUT2D eigenvalue weighted by Crippen LogP contribution is -2.29. The molecule has 0 radical (unpaired) electrons. The Balaban J connectivity index is 2.93. The topological polar surface area (TPSA) is 49.8 Å². The fraction of sp³-hybridized carbons (Fsp3) is 0.308. The molecule has 0 atom stereocenters. The molecule has 1 aromatic carbocycles. The Labute approximate surface area is 120 Å². The van der Waals surface area contributed by atoms with Crippen molar-refractivity contribution in [1.29, 1.82) is 0 Å². The highest BCUT2D eigenvalue weighted by atomic mass is 35.5. The van der Waals surface area contributed by atoms with E-state index >= 15 is 0 Å². The summed E-state index contributed by atoms with van der Waals surface area (Å²) in [6.45, 7) is 0.737. The summed E-state index contributed by atoms with van der Waals surface area (Å²) < 4.78 is 29.0. The minimum Gasteiger partial charge on any atom is -0.480 e. The van der Waals surface area contributed by atoms with Crippen LogP contribution >= 0.6 is 11.6 Å². The highest BCUT2D eigenvalue weighted by Crippen LogP contribution is 2.25. The van der Waals surface area contributed by atoms with Crippen LogP contribution in [0.1, 0.15) is 5.56 Å². The van der Waals surface area contributed by atoms with Gasteiger partial charge in [0.15, 0.2) is 0 Å². The third-order valence-electron chi connectivity index (χ3n) is 2.38. The van der Waals surface area contributed by atoms with Gasteiger partial charge in [-0.3, -0.25) is 9.69 Å². The van der Waals surface area contributed by atoms with Crippen LogP contribution in [0.15, 0.2) is 30.9 Å². The van der Waals surface area contributed by atoms with Gasteiger partial charge in [-0.05, 0) is 18.2 Å². The number of rotatable bonds is 8. The van der Waals surface area contributed by atoms with Crippen LogP contribution in [-0.4, -0.2) is 35.7 Å². The van der Waals surface area contributed by atoms with Gasteiger partial charge in [0.1, 0.15) is 5.75 Å². The first kappa shape index (κ1) is 16.4. The number of carboxylic acids is 1. The van der Waals surface area contributed by atoms with E-state index in [-0.39, 0.29) is 18.8 Å². The van der Waals surface area contributed by atoms with Gasteiger partial charge in [0.25, 0.3) is 0 Å². The summed E-state index contributed by atoms with van der Waals surface area (Å²) in [6.07, 6.45) is 1.53. The van der Waals surface area contributed by atoms with E-state index in [2.05, 4.69) is 11.3 Å². The average Bonchev–Trinajstić information content (AvgIpc) is 2.31. The van der Waals surface area contributed by atoms with Crippen molar-refractivity contribution in [3.05, 3.63) is 41.4 Å². The maximum atomic E-state index is 12.3. The number of benzene rings is 1. The molecule has 1 N–H and O–H groups in total. The molecule has 7 heteroatoms. The summed E-state index contributed by atoms with van der Waals surface area (Å²) in [5.74, 6) is -1.05. The second kappa shape index (κ2) is 7.81. The first-order valence-electron chi connectivity index (χ1n) is 5.70. The van der Waals surface area contributed by atoms with E-state index in [1.165, 1.54) is 29.2 Å². The Kier molecular flexibility index (Phi) is 6.41. The van der Waals surface area contributed by atoms with Crippen molar-refractivity contribution < 1.29 is 23.4 Å². The van der Waals surface area contributed by atoms with Crippen LogP contribution in [0.2, 0.25) is 5.02 Å². The summed E-state index contributed by atoms with van der Waals surface area (Å²) in [5, 5.41) is 9.16. The first-order chi connectivity index (χ1) is 9.42. The number of hydrogen-bond acceptors (Lipinski definition) is 3. The fourth-order valence-corrected chi connectivity index (χ4v) is 1.88. The number of aliphatic carboxylic acids is 1. The van der Waals surface area contributed by atoms with Crippen molar-refractivity contribution in [2.24, 2.45) is 0 Å². The maximum absolute atomic E-state index is 12.3. The number of alkyl halides is 2. The Morgan fingerprint density at radius 2 is 2.25 bits per heavy atom. The number of nitrogens with zero attached hydrogens (tertiary/aromatic N) is 1. The van der Waals surface area contributed by atoms with Gasteiger partial charge >= 0.3 is 12.6 Å². The molecule has 0 unspecified atom stereocenters. The van der Waals surface area contributed by atoms with Crippen LogP contribution in [0, 0.1) is 0 Å². The molecule has 0 amide bonds. The second-order valence-electron chi connectivity index (χ2n) is 3.98. The SMILES string of the molecule is C=CCN(CC(=O)O)Cc1cc(Cl)ccc1OC(F)F. The molecule has 0 heterocycles. The summed E-state index contributed by atoms with van der Waals surface area (Å²) >= 11 is 5.82. The van der Waals surface area contributed by atoms with E-state index in [1.807, 2.05) is 0 Å². The van der Waals surface area contributed by atoms with Crippen LogP contribution in [0.3, 0.4) is 0 Å². The molecule has 20 heavy (non-hydrogen) atoms. The molecule has 0 saturated heterocycles. The molecule has 0 saturated carbocycles. The summed E-state index contributed by atoms with van der Waals surface area (Å²) in [6, 6.07) is 4.23. The second-order valence-corrected chi connectivity index (χ2v) is 4.42. The van der Waals surface area contributed by atoms with Crippen molar-refractivity contribution in [2.75, 3.05) is 13.1 Å². The monoisotopic (exact) mass is 305 g/mol. The normalized spacial score (nSPS) is 10.8. The fourth-order valence-electron chi connectivity index (χ4n) is 1.68. The molecule has 0 aromatic heterocycles. The third-order valence-corrected chi connectivity index (χ3v) is 2.61. The van der Waals surface area contributed by atoms with Gasteiger partial charge in [-0.15, -0.1) is 6.58 Å². The van der Waals surface area contributed by atoms with Gasteiger partial charge in [-0.25, -0.2) is 0 Å². The van der Waals surface area contributed by atoms with E-state index in [0.717, 1.165) is 0 Å². The van der Waals surface area contributed by atoms with E-state index in [4.69, 9.17) is 16.7 Å². The molecule has 110 valence electrons. The number of ether oxygens (including phenoxy) is 1. The smallest absolute Gasteiger partial charge is 0.387 e. The molecule has 0 fully saturated rings. The minimum absolute atomic E-state index is 0.0242. The standard InChI is InChI=1S/C13H14ClF2NO3/c1-2-5-17(8-12(18)19)7-9-6-10(14)3-4-11(9)20-13(15)16/h2-4,6,13H,1,5,7-8H2,(H,18,19). The van der Waals surface area contributed by atoms with E-state index in [0.29, 0.717) is 17.1 Å². The minimum atomic E-state index is -2.96. The molecule has 0 aliphatic carbocycles. The molecular weight excluding hydrogens is 292 g/mol. The summed E-state index contributed by atoms with van der Waals surface area (Å²) in [4.78, 5) is 12.3. The molecule has 1 rings (SSSR count). The van der Waals surface area contributed by atoms with Crippen LogP contribution in [0.4, 0.5) is 8.78 Å². The number of hydrogen-bond donors (Lipinski definition) is 1. The van der Waals surface area contributed by atoms with E-state index < -0.39 is 12.6 Å². The summed E-state index contributed by atoms with van der Waals surface area (Å²) in [7, 11) is 0. The van der Waals surface area contributed by atoms with Crippen molar-refractivity contribution in [2.45, 2.75) is 13.2 Å². The van der Waals surface area contributed by atoms with Crippen molar-refractivity contribution in [1.82, 2.24) is 4.90 Å². The lowest BCUT2D eigenvalue weighted by molar-refractivity contribution is -0.138. The predicted octanol–water partition coefficient (Wildman–Crippen LogP) is 3.01. The predicted molar refractivity (Wildman–Crippen MR) is 71.2 cm³/mol. The van der Waals surface area contributed by atoms with Gasteiger partial charge in [0.05, 0.1) is 6.54 Å². The van der Waals surface area contributed by atoms with E-state index in [1.54, 1.807) is 0 Å².